The molecule has 0 radical (unpaired) electrons. The minimum atomic E-state index is 0.129. The fraction of sp³-hybridized carbons (Fsp3) is 0.588. The van der Waals surface area contributed by atoms with Gasteiger partial charge in [-0.15, -0.1) is 11.3 Å². The van der Waals surface area contributed by atoms with Crippen molar-refractivity contribution in [2.75, 3.05) is 6.54 Å². The number of rotatable bonds is 6. The lowest BCUT2D eigenvalue weighted by Gasteiger charge is -2.16. The van der Waals surface area contributed by atoms with Crippen molar-refractivity contribution in [3.05, 3.63) is 40.1 Å². The predicted octanol–water partition coefficient (Wildman–Crippen LogP) is 4.35. The molecule has 0 saturated heterocycles. The van der Waals surface area contributed by atoms with Gasteiger partial charge < -0.3 is 9.88 Å². The Bertz CT molecular complexity index is 563. The molecule has 0 amide bonds. The van der Waals surface area contributed by atoms with Crippen LogP contribution in [-0.4, -0.2) is 16.1 Å². The molecule has 0 fully saturated rings. The maximum Gasteiger partial charge on any atom is 0.113 e. The Kier molecular flexibility index (Phi) is 5.22. The minimum absolute atomic E-state index is 0.129. The van der Waals surface area contributed by atoms with Crippen molar-refractivity contribution in [3.8, 4) is 0 Å². The molecule has 2 heterocycles. The van der Waals surface area contributed by atoms with Gasteiger partial charge in [-0.2, -0.15) is 0 Å². The summed E-state index contributed by atoms with van der Waals surface area (Å²) in [6.07, 6.45) is 3.31. The fourth-order valence-corrected chi connectivity index (χ4v) is 3.32. The van der Waals surface area contributed by atoms with Gasteiger partial charge >= 0.3 is 0 Å². The highest BCUT2D eigenvalue weighted by molar-refractivity contribution is 7.09. The summed E-state index contributed by atoms with van der Waals surface area (Å²) in [5.41, 5.74) is 2.65. The van der Waals surface area contributed by atoms with Crippen molar-refractivity contribution in [2.24, 2.45) is 0 Å². The highest BCUT2D eigenvalue weighted by atomic mass is 32.1. The summed E-state index contributed by atoms with van der Waals surface area (Å²) >= 11 is 1.76. The van der Waals surface area contributed by atoms with E-state index >= 15 is 0 Å². The Morgan fingerprint density at radius 3 is 2.76 bits per heavy atom. The van der Waals surface area contributed by atoms with E-state index in [2.05, 4.69) is 68.2 Å². The van der Waals surface area contributed by atoms with Crippen LogP contribution in [0.5, 0.6) is 0 Å². The lowest BCUT2D eigenvalue weighted by molar-refractivity contribution is 0.532. The van der Waals surface area contributed by atoms with E-state index in [0.717, 1.165) is 19.5 Å². The second-order valence-corrected chi connectivity index (χ2v) is 7.56. The third-order valence-electron chi connectivity index (χ3n) is 3.63. The lowest BCUT2D eigenvalue weighted by Crippen LogP contribution is -2.22. The number of aromatic nitrogens is 2. The van der Waals surface area contributed by atoms with Gasteiger partial charge in [-0.1, -0.05) is 27.7 Å². The Morgan fingerprint density at radius 1 is 1.38 bits per heavy atom. The van der Waals surface area contributed by atoms with Gasteiger partial charge in [0.1, 0.15) is 5.01 Å². The first-order valence-corrected chi connectivity index (χ1v) is 8.63. The molecule has 0 bridgehead atoms. The molecule has 21 heavy (non-hydrogen) atoms. The summed E-state index contributed by atoms with van der Waals surface area (Å²) in [7, 11) is 0. The molecule has 0 aromatic carbocycles. The molecule has 1 atom stereocenters. The Balaban J connectivity index is 2.10. The van der Waals surface area contributed by atoms with E-state index in [4.69, 9.17) is 4.98 Å². The second-order valence-electron chi connectivity index (χ2n) is 6.61. The van der Waals surface area contributed by atoms with Gasteiger partial charge in [-0.05, 0) is 32.0 Å². The van der Waals surface area contributed by atoms with Gasteiger partial charge in [-0.3, -0.25) is 0 Å². The van der Waals surface area contributed by atoms with Crippen molar-refractivity contribution in [2.45, 2.75) is 59.0 Å². The molecular formula is C17H27N3S. The van der Waals surface area contributed by atoms with E-state index in [1.165, 1.54) is 16.4 Å². The molecule has 0 aliphatic carbocycles. The molecule has 2 aromatic heterocycles. The van der Waals surface area contributed by atoms with Crippen LogP contribution in [0.15, 0.2) is 23.7 Å². The van der Waals surface area contributed by atoms with E-state index in [-0.39, 0.29) is 5.41 Å². The number of nitrogens with one attached hydrogen (secondary N) is 1. The van der Waals surface area contributed by atoms with E-state index in [1.807, 2.05) is 0 Å². The van der Waals surface area contributed by atoms with Crippen LogP contribution in [0.3, 0.4) is 0 Å². The zero-order valence-corrected chi connectivity index (χ0v) is 14.6. The monoisotopic (exact) mass is 305 g/mol. The zero-order chi connectivity index (χ0) is 15.5. The van der Waals surface area contributed by atoms with Gasteiger partial charge in [0.25, 0.3) is 0 Å². The number of hydrogen-bond acceptors (Lipinski definition) is 3. The third kappa shape index (κ3) is 4.17. The van der Waals surface area contributed by atoms with E-state index in [1.54, 1.807) is 11.3 Å². The van der Waals surface area contributed by atoms with Gasteiger partial charge in [0.15, 0.2) is 0 Å². The van der Waals surface area contributed by atoms with Crippen LogP contribution in [0.2, 0.25) is 0 Å². The van der Waals surface area contributed by atoms with E-state index < -0.39 is 0 Å². The van der Waals surface area contributed by atoms with Crippen molar-refractivity contribution in [1.82, 2.24) is 14.9 Å². The molecule has 116 valence electrons. The number of thiazole rings is 1. The second kappa shape index (κ2) is 6.75. The van der Waals surface area contributed by atoms with Crippen LogP contribution in [0.25, 0.3) is 0 Å². The van der Waals surface area contributed by atoms with Crippen LogP contribution >= 0.6 is 11.3 Å². The fourth-order valence-electron chi connectivity index (χ4n) is 2.30. The van der Waals surface area contributed by atoms with Crippen LogP contribution in [-0.2, 0) is 12.0 Å². The molecule has 0 spiro atoms. The molecule has 4 heteroatoms. The lowest BCUT2D eigenvalue weighted by atomic mass is 9.93. The third-order valence-corrected chi connectivity index (χ3v) is 4.47. The summed E-state index contributed by atoms with van der Waals surface area (Å²) in [4.78, 5) is 4.80. The maximum absolute atomic E-state index is 4.80. The Morgan fingerprint density at radius 2 is 2.14 bits per heavy atom. The summed E-state index contributed by atoms with van der Waals surface area (Å²) in [6.45, 7) is 13.0. The molecule has 0 saturated carbocycles. The summed E-state index contributed by atoms with van der Waals surface area (Å²) < 4.78 is 2.30. The molecule has 1 unspecified atom stereocenters. The molecule has 3 nitrogen and oxygen atoms in total. The van der Waals surface area contributed by atoms with Crippen molar-refractivity contribution >= 4 is 11.3 Å². The molecule has 1 N–H and O–H groups in total. The zero-order valence-electron chi connectivity index (χ0n) is 13.8. The van der Waals surface area contributed by atoms with Crippen LogP contribution < -0.4 is 5.32 Å². The Labute approximate surface area is 132 Å². The maximum atomic E-state index is 4.80. The normalized spacial score (nSPS) is 13.6. The average molecular weight is 305 g/mol. The average Bonchev–Trinajstić information content (AvgIpc) is 3.05. The van der Waals surface area contributed by atoms with Gasteiger partial charge in [-0.25, -0.2) is 4.98 Å². The van der Waals surface area contributed by atoms with Crippen molar-refractivity contribution < 1.29 is 0 Å². The molecule has 2 aromatic rings. The predicted molar refractivity (Wildman–Crippen MR) is 91.1 cm³/mol. The molecule has 2 rings (SSSR count). The quantitative estimate of drug-likeness (QED) is 0.860. The molecule has 0 aliphatic rings. The van der Waals surface area contributed by atoms with Crippen LogP contribution in [0.4, 0.5) is 0 Å². The van der Waals surface area contributed by atoms with Crippen LogP contribution in [0.1, 0.15) is 63.5 Å². The smallest absolute Gasteiger partial charge is 0.113 e. The minimum Gasteiger partial charge on any atom is -0.343 e. The number of nitrogens with zero attached hydrogens (tertiary/aromatic N) is 2. The summed E-state index contributed by atoms with van der Waals surface area (Å²) in [5.74, 6) is 0. The molecular weight excluding hydrogens is 278 g/mol. The van der Waals surface area contributed by atoms with Gasteiger partial charge in [0, 0.05) is 28.7 Å². The highest BCUT2D eigenvalue weighted by Crippen LogP contribution is 2.25. The Hall–Kier alpha value is -1.13. The first kappa shape index (κ1) is 16.2. The van der Waals surface area contributed by atoms with Crippen LogP contribution in [0, 0.1) is 0 Å². The SMILES string of the molecule is CCCNC(C)c1cccn1Cc1nc(C(C)(C)C)cs1. The molecule has 0 aliphatic heterocycles. The van der Waals surface area contributed by atoms with Crippen molar-refractivity contribution in [1.29, 1.82) is 0 Å². The standard InChI is InChI=1S/C17H27N3S/c1-6-9-18-13(2)14-8-7-10-20(14)11-16-19-15(12-21-16)17(3,4)5/h7-8,10,12-13,18H,6,9,11H2,1-5H3. The first-order chi connectivity index (χ1) is 9.91. The van der Waals surface area contributed by atoms with E-state index in [0.29, 0.717) is 6.04 Å². The number of hydrogen-bond donors (Lipinski definition) is 1. The topological polar surface area (TPSA) is 29.9 Å². The van der Waals surface area contributed by atoms with Crippen molar-refractivity contribution in [3.63, 3.8) is 0 Å². The van der Waals surface area contributed by atoms with Gasteiger partial charge in [0.05, 0.1) is 12.2 Å². The summed E-state index contributed by atoms with van der Waals surface area (Å²) in [5, 5.41) is 6.92. The van der Waals surface area contributed by atoms with E-state index in [9.17, 15) is 0 Å². The highest BCUT2D eigenvalue weighted by Gasteiger charge is 2.18. The largest absolute Gasteiger partial charge is 0.343 e. The van der Waals surface area contributed by atoms with Gasteiger partial charge in [0.2, 0.25) is 0 Å². The summed E-state index contributed by atoms with van der Waals surface area (Å²) in [6, 6.07) is 4.70. The first-order valence-electron chi connectivity index (χ1n) is 7.75.